The molecule has 0 N–H and O–H groups in total. The maximum absolute atomic E-state index is 13.2. The minimum absolute atomic E-state index is 0. The van der Waals surface area contributed by atoms with Crippen molar-refractivity contribution in [3.05, 3.63) is 88.5 Å². The Morgan fingerprint density at radius 1 is 1.20 bits per heavy atom. The van der Waals surface area contributed by atoms with Crippen LogP contribution < -0.4 is 0 Å². The second-order valence-electron chi connectivity index (χ2n) is 9.64. The van der Waals surface area contributed by atoms with Crippen LogP contribution in [0, 0.1) is 30.1 Å². The summed E-state index contributed by atoms with van der Waals surface area (Å²) < 4.78 is 0. The van der Waals surface area contributed by atoms with Crippen LogP contribution in [0.1, 0.15) is 113 Å². The third kappa shape index (κ3) is 7.04. The number of aryl methyl sites for hydroxylation is 1. The van der Waals surface area contributed by atoms with Crippen molar-refractivity contribution in [3.63, 3.8) is 0 Å². The zero-order chi connectivity index (χ0) is 26.0. The van der Waals surface area contributed by atoms with Gasteiger partial charge in [-0.2, -0.15) is 5.26 Å². The van der Waals surface area contributed by atoms with Crippen molar-refractivity contribution < 1.29 is 6.22 Å². The zero-order valence-electron chi connectivity index (χ0n) is 22.7. The van der Waals surface area contributed by atoms with Crippen LogP contribution in [-0.4, -0.2) is 5.78 Å². The summed E-state index contributed by atoms with van der Waals surface area (Å²) in [5, 5.41) is 9.03. The highest BCUT2D eigenvalue weighted by Gasteiger charge is 2.30. The normalized spacial score (nSPS) is 17.9. The molecule has 2 nitrogen and oxygen atoms in total. The minimum atomic E-state index is 0. The van der Waals surface area contributed by atoms with Crippen molar-refractivity contribution in [2.75, 3.05) is 0 Å². The van der Waals surface area contributed by atoms with E-state index in [1.54, 1.807) is 0 Å². The van der Waals surface area contributed by atoms with E-state index in [1.807, 2.05) is 50.3 Å². The van der Waals surface area contributed by atoms with E-state index in [0.717, 1.165) is 31.2 Å². The second kappa shape index (κ2) is 13.8. The van der Waals surface area contributed by atoms with Gasteiger partial charge in [-0.1, -0.05) is 63.6 Å². The van der Waals surface area contributed by atoms with Crippen molar-refractivity contribution in [2.45, 2.75) is 86.0 Å². The maximum atomic E-state index is 13.2. The Morgan fingerprint density at radius 2 is 1.89 bits per heavy atom. The van der Waals surface area contributed by atoms with Gasteiger partial charge < -0.3 is 0 Å². The molecule has 1 aliphatic carbocycles. The average molecular weight is 472 g/mol. The molecule has 0 saturated carbocycles. The molecule has 0 saturated heterocycles. The van der Waals surface area contributed by atoms with Gasteiger partial charge in [-0.25, -0.2) is 0 Å². The fraction of sp³-hybridized carbons (Fsp3) is 0.455. The van der Waals surface area contributed by atoms with Crippen molar-refractivity contribution in [3.8, 4) is 6.07 Å². The smallest absolute Gasteiger partial charge is 0.162 e. The lowest BCUT2D eigenvalue weighted by Gasteiger charge is -2.20. The number of nitriles is 1. The average Bonchev–Trinajstić information content (AvgIpc) is 3.17. The van der Waals surface area contributed by atoms with E-state index in [4.69, 9.17) is 5.26 Å². The summed E-state index contributed by atoms with van der Waals surface area (Å²) in [5.74, 6) is 1.72. The molecular weight excluding hydrogens is 426 g/mol. The van der Waals surface area contributed by atoms with Crippen molar-refractivity contribution in [1.82, 2.24) is 0 Å². The topological polar surface area (TPSA) is 40.9 Å². The van der Waals surface area contributed by atoms with Crippen molar-refractivity contribution in [1.29, 1.82) is 5.26 Å². The molecule has 0 amide bonds. The Hall–Kier alpha value is -2.92. The highest BCUT2D eigenvalue weighted by Crippen LogP contribution is 2.45. The first-order valence-electron chi connectivity index (χ1n) is 13.3. The van der Waals surface area contributed by atoms with Gasteiger partial charge in [0.15, 0.2) is 5.78 Å². The van der Waals surface area contributed by atoms with Crippen LogP contribution in [0.5, 0.6) is 0 Å². The van der Waals surface area contributed by atoms with Gasteiger partial charge in [0.25, 0.3) is 0 Å². The number of hydrogen-bond acceptors (Lipinski definition) is 2. The Bertz CT molecular complexity index is 1070. The van der Waals surface area contributed by atoms with E-state index in [-0.39, 0.29) is 7.21 Å². The second-order valence-corrected chi connectivity index (χ2v) is 9.64. The maximum Gasteiger partial charge on any atom is 0.162 e. The largest absolute Gasteiger partial charge is 0.294 e. The summed E-state index contributed by atoms with van der Waals surface area (Å²) in [5.41, 5.74) is 8.13. The predicted octanol–water partition coefficient (Wildman–Crippen LogP) is 9.69. The molecule has 0 bridgehead atoms. The standard InChI is InChI=1S/C31H37NO.C2H6.H2/c1-6-8-9-27-18-22(4)31(23(27)5)29-19-28(13-10-21(29)3)30(33)17-16-25(7-2)26-14-11-24(20-32)12-15-26;1-2;/h6,10-15,19,23,25,27H,1,7-9,16-18H2,2-5H3;1-2H3;1H. The van der Waals surface area contributed by atoms with E-state index in [2.05, 4.69) is 52.5 Å². The summed E-state index contributed by atoms with van der Waals surface area (Å²) >= 11 is 0. The predicted molar refractivity (Wildman–Crippen MR) is 152 cm³/mol. The van der Waals surface area contributed by atoms with Crippen LogP contribution >= 0.6 is 0 Å². The van der Waals surface area contributed by atoms with Gasteiger partial charge in [0.2, 0.25) is 0 Å². The molecule has 188 valence electrons. The summed E-state index contributed by atoms with van der Waals surface area (Å²) in [4.78, 5) is 13.2. The molecule has 35 heavy (non-hydrogen) atoms. The number of ketones is 1. The summed E-state index contributed by atoms with van der Waals surface area (Å²) in [6.45, 7) is 16.8. The fourth-order valence-electron chi connectivity index (χ4n) is 5.44. The van der Waals surface area contributed by atoms with Gasteiger partial charge in [-0.05, 0) is 104 Å². The molecule has 0 aromatic heterocycles. The number of benzene rings is 2. The number of Topliss-reactive ketones (excluding diaryl/α,β-unsaturated/α-hetero) is 1. The Morgan fingerprint density at radius 3 is 2.49 bits per heavy atom. The number of rotatable bonds is 10. The third-order valence-electron chi connectivity index (χ3n) is 7.51. The lowest BCUT2D eigenvalue weighted by atomic mass is 9.84. The Kier molecular flexibility index (Phi) is 11.2. The van der Waals surface area contributed by atoms with Crippen molar-refractivity contribution >= 4 is 11.4 Å². The van der Waals surface area contributed by atoms with Gasteiger partial charge in [0.1, 0.15) is 0 Å². The molecular formula is C33H45NO. The Labute approximate surface area is 215 Å². The van der Waals surface area contributed by atoms with Crippen LogP contribution in [0.4, 0.5) is 0 Å². The first-order chi connectivity index (χ1) is 16.9. The number of nitrogens with zero attached hydrogens (tertiary/aromatic N) is 1. The molecule has 3 atom stereocenters. The van der Waals surface area contributed by atoms with E-state index >= 15 is 0 Å². The number of hydrogen-bond donors (Lipinski definition) is 0. The molecule has 3 unspecified atom stereocenters. The molecule has 0 aliphatic heterocycles. The van der Waals surface area contributed by atoms with Gasteiger partial charge in [-0.3, -0.25) is 4.79 Å². The van der Waals surface area contributed by atoms with Gasteiger partial charge >= 0.3 is 0 Å². The highest BCUT2D eigenvalue weighted by molar-refractivity contribution is 5.97. The number of carbonyl (C=O) groups is 1. The van der Waals surface area contributed by atoms with Crippen LogP contribution in [0.25, 0.3) is 5.57 Å². The first-order valence-corrected chi connectivity index (χ1v) is 13.3. The van der Waals surface area contributed by atoms with E-state index in [1.165, 1.54) is 34.3 Å². The van der Waals surface area contributed by atoms with Crippen LogP contribution in [0.2, 0.25) is 0 Å². The van der Waals surface area contributed by atoms with Crippen LogP contribution in [0.3, 0.4) is 0 Å². The van der Waals surface area contributed by atoms with E-state index in [0.29, 0.717) is 29.7 Å². The number of allylic oxidation sites excluding steroid dienone is 3. The molecule has 0 fully saturated rings. The summed E-state index contributed by atoms with van der Waals surface area (Å²) in [6, 6.07) is 16.2. The SMILES string of the molecule is C=CCCC1CC(C)=C(c2cc(C(=O)CCC(CC)c3ccc(C#N)cc3)ccc2C)C1C.CC.[HH]. The molecule has 2 aromatic rings. The molecule has 0 spiro atoms. The first kappa shape index (κ1) is 28.3. The molecule has 0 radical (unpaired) electrons. The van der Waals surface area contributed by atoms with Crippen molar-refractivity contribution in [2.24, 2.45) is 11.8 Å². The summed E-state index contributed by atoms with van der Waals surface area (Å²) in [6.07, 6.45) is 7.75. The monoisotopic (exact) mass is 471 g/mol. The molecule has 2 aromatic carbocycles. The van der Waals surface area contributed by atoms with Crippen LogP contribution in [0.15, 0.2) is 60.7 Å². The highest BCUT2D eigenvalue weighted by atomic mass is 16.1. The molecule has 1 aliphatic rings. The lowest BCUT2D eigenvalue weighted by molar-refractivity contribution is 0.0977. The number of carbonyl (C=O) groups excluding carboxylic acids is 1. The van der Waals surface area contributed by atoms with E-state index in [9.17, 15) is 4.79 Å². The van der Waals surface area contributed by atoms with E-state index < -0.39 is 0 Å². The zero-order valence-corrected chi connectivity index (χ0v) is 22.7. The Balaban J connectivity index is 0.00000211. The lowest BCUT2D eigenvalue weighted by Crippen LogP contribution is -2.09. The third-order valence-corrected chi connectivity index (χ3v) is 7.51. The molecule has 2 heteroatoms. The van der Waals surface area contributed by atoms with Gasteiger partial charge in [0, 0.05) is 13.4 Å². The van der Waals surface area contributed by atoms with Gasteiger partial charge in [-0.15, -0.1) is 6.58 Å². The summed E-state index contributed by atoms with van der Waals surface area (Å²) in [7, 11) is 0. The quantitative estimate of drug-likeness (QED) is 0.255. The molecule has 3 rings (SSSR count). The van der Waals surface area contributed by atoms with Crippen LogP contribution in [-0.2, 0) is 0 Å². The molecule has 0 heterocycles. The fourth-order valence-corrected chi connectivity index (χ4v) is 5.44. The van der Waals surface area contributed by atoms with Gasteiger partial charge in [0.05, 0.1) is 11.6 Å². The minimum Gasteiger partial charge on any atom is -0.294 e.